The first kappa shape index (κ1) is 20.2. The third-order valence-electron chi connectivity index (χ3n) is 4.24. The number of nitrogens with zero attached hydrogens (tertiary/aromatic N) is 3. The average Bonchev–Trinajstić information content (AvgIpc) is 3.41. The maximum absolute atomic E-state index is 13.1. The van der Waals surface area contributed by atoms with Crippen molar-refractivity contribution in [2.24, 2.45) is 5.92 Å². The summed E-state index contributed by atoms with van der Waals surface area (Å²) in [6.07, 6.45) is 2.20. The van der Waals surface area contributed by atoms with Gasteiger partial charge in [0.2, 0.25) is 17.5 Å². The van der Waals surface area contributed by atoms with E-state index in [2.05, 4.69) is 20.7 Å². The van der Waals surface area contributed by atoms with Gasteiger partial charge in [-0.05, 0) is 30.9 Å². The Hall–Kier alpha value is -2.59. The first-order valence-corrected chi connectivity index (χ1v) is 9.87. The third-order valence-corrected chi connectivity index (χ3v) is 5.13. The van der Waals surface area contributed by atoms with Crippen LogP contribution in [0.15, 0.2) is 27.1 Å². The van der Waals surface area contributed by atoms with Crippen molar-refractivity contribution in [3.8, 4) is 10.6 Å². The second-order valence-corrected chi connectivity index (χ2v) is 7.17. The zero-order valence-corrected chi connectivity index (χ0v) is 16.3. The fourth-order valence-electron chi connectivity index (χ4n) is 2.91. The normalized spacial score (nSPS) is 18.1. The summed E-state index contributed by atoms with van der Waals surface area (Å²) < 4.78 is 23.4. The number of rotatable bonds is 6. The molecule has 150 valence electrons. The fraction of sp³-hybridized carbons (Fsp3) is 0.444. The predicted molar refractivity (Wildman–Crippen MR) is 99.0 cm³/mol. The fourth-order valence-corrected chi connectivity index (χ4v) is 3.59. The molecule has 0 aromatic carbocycles. The zero-order chi connectivity index (χ0) is 20.1. The molecule has 0 saturated heterocycles. The smallest absolute Gasteiger partial charge is 0.290 e. The van der Waals surface area contributed by atoms with E-state index in [0.717, 1.165) is 24.2 Å². The summed E-state index contributed by atoms with van der Waals surface area (Å²) in [5.41, 5.74) is 0.437. The van der Waals surface area contributed by atoms with Gasteiger partial charge in [-0.25, -0.2) is 0 Å². The van der Waals surface area contributed by atoms with Crippen molar-refractivity contribution in [1.29, 1.82) is 0 Å². The Balaban J connectivity index is 0.00000109. The Morgan fingerprint density at radius 3 is 2.71 bits per heavy atom. The van der Waals surface area contributed by atoms with Crippen LogP contribution in [0, 0.1) is 11.0 Å². The lowest BCUT2D eigenvalue weighted by Crippen LogP contribution is -2.44. The highest BCUT2D eigenvalue weighted by atomic mass is 32.1. The van der Waals surface area contributed by atoms with E-state index in [1.807, 2.05) is 13.8 Å². The van der Waals surface area contributed by atoms with Gasteiger partial charge in [0.05, 0.1) is 4.88 Å². The highest BCUT2D eigenvalue weighted by molar-refractivity contribution is 7.13. The van der Waals surface area contributed by atoms with Gasteiger partial charge in [0.25, 0.3) is 5.91 Å². The Morgan fingerprint density at radius 2 is 2.07 bits per heavy atom. The quantitative estimate of drug-likeness (QED) is 0.644. The van der Waals surface area contributed by atoms with Gasteiger partial charge in [0.1, 0.15) is 12.3 Å². The topological polar surface area (TPSA) is 114 Å². The van der Waals surface area contributed by atoms with Crippen molar-refractivity contribution in [3.05, 3.63) is 40.9 Å². The lowest BCUT2D eigenvalue weighted by atomic mass is 9.78. The molecule has 1 saturated carbocycles. The van der Waals surface area contributed by atoms with E-state index in [1.54, 1.807) is 6.07 Å². The van der Waals surface area contributed by atoms with Crippen LogP contribution in [0.1, 0.15) is 49.0 Å². The van der Waals surface area contributed by atoms with Crippen LogP contribution >= 0.6 is 11.3 Å². The van der Waals surface area contributed by atoms with Crippen LogP contribution in [-0.2, 0) is 13.0 Å². The monoisotopic (exact) mass is 408 g/mol. The Morgan fingerprint density at radius 1 is 1.32 bits per heavy atom. The Labute approximate surface area is 164 Å². The maximum atomic E-state index is 13.1. The molecule has 1 fully saturated rings. The predicted octanol–water partition coefficient (Wildman–Crippen LogP) is 3.19. The average molecular weight is 408 g/mol. The van der Waals surface area contributed by atoms with Gasteiger partial charge in [-0.15, -0.1) is 21.5 Å². The van der Waals surface area contributed by atoms with Gasteiger partial charge in [0.15, 0.2) is 5.13 Å². The van der Waals surface area contributed by atoms with Crippen molar-refractivity contribution >= 4 is 17.2 Å². The van der Waals surface area contributed by atoms with E-state index in [9.17, 15) is 9.18 Å². The first-order valence-electron chi connectivity index (χ1n) is 9.06. The van der Waals surface area contributed by atoms with Crippen molar-refractivity contribution in [2.75, 3.05) is 0 Å². The molecule has 0 aliphatic heterocycles. The van der Waals surface area contributed by atoms with Gasteiger partial charge in [-0.2, -0.15) is 4.39 Å². The number of aliphatic hydroxyl groups is 1. The minimum absolute atomic E-state index is 0.0421. The van der Waals surface area contributed by atoms with E-state index >= 15 is 0 Å². The van der Waals surface area contributed by atoms with Gasteiger partial charge in [-0.3, -0.25) is 4.79 Å². The van der Waals surface area contributed by atoms with Crippen molar-refractivity contribution in [1.82, 2.24) is 20.7 Å². The summed E-state index contributed by atoms with van der Waals surface area (Å²) >= 11 is 0.944. The number of hydrogen-bond acceptors (Lipinski definition) is 8. The molecule has 0 radical (unpaired) electrons. The van der Waals surface area contributed by atoms with Crippen LogP contribution in [0.4, 0.5) is 4.39 Å². The lowest BCUT2D eigenvalue weighted by Gasteiger charge is -2.34. The minimum atomic E-state index is -0.343. The van der Waals surface area contributed by atoms with E-state index in [4.69, 9.17) is 14.0 Å². The van der Waals surface area contributed by atoms with Crippen LogP contribution in [0.5, 0.6) is 0 Å². The molecule has 1 aliphatic carbocycles. The van der Waals surface area contributed by atoms with Crippen molar-refractivity contribution in [3.63, 3.8) is 0 Å². The Kier molecular flexibility index (Phi) is 6.53. The van der Waals surface area contributed by atoms with Crippen LogP contribution in [0.2, 0.25) is 0 Å². The number of amides is 1. The Bertz CT molecular complexity index is 916. The van der Waals surface area contributed by atoms with E-state index in [-0.39, 0.29) is 35.3 Å². The number of thiophene rings is 1. The van der Waals surface area contributed by atoms with Crippen LogP contribution in [0.3, 0.4) is 0 Å². The summed E-state index contributed by atoms with van der Waals surface area (Å²) in [6.45, 7) is 3.73. The van der Waals surface area contributed by atoms with E-state index in [1.165, 1.54) is 12.1 Å². The number of aromatic nitrogens is 3. The molecule has 0 atom stereocenters. The molecule has 0 spiro atoms. The number of nitrogens with one attached hydrogen (secondary N) is 1. The van der Waals surface area contributed by atoms with Gasteiger partial charge in [-0.1, -0.05) is 19.0 Å². The molecule has 2 N–H and O–H groups in total. The molecular formula is C18H21FN4O4S. The number of aliphatic hydroxyl groups excluding tert-OH is 1. The summed E-state index contributed by atoms with van der Waals surface area (Å²) in [5, 5.41) is 22.9. The highest BCUT2D eigenvalue weighted by Crippen LogP contribution is 2.31. The highest BCUT2D eigenvalue weighted by Gasteiger charge is 2.32. The number of halogens is 1. The molecular weight excluding hydrogens is 387 g/mol. The van der Waals surface area contributed by atoms with E-state index in [0.29, 0.717) is 28.8 Å². The molecule has 4 rings (SSSR count). The van der Waals surface area contributed by atoms with Crippen LogP contribution < -0.4 is 5.32 Å². The van der Waals surface area contributed by atoms with Crippen LogP contribution in [0.25, 0.3) is 10.6 Å². The van der Waals surface area contributed by atoms with E-state index < -0.39 is 0 Å². The molecule has 1 amide bonds. The van der Waals surface area contributed by atoms with Crippen LogP contribution in [-0.4, -0.2) is 32.4 Å². The second-order valence-electron chi connectivity index (χ2n) is 6.14. The minimum Gasteiger partial charge on any atom is -0.423 e. The SMILES string of the molecule is CC.O=C(NC1CC(Cc2nnc(CO)o2)C1)c1cc(-c2ccc(F)s2)no1. The molecule has 10 heteroatoms. The van der Waals surface area contributed by atoms with Gasteiger partial charge < -0.3 is 19.4 Å². The molecule has 3 aromatic rings. The third kappa shape index (κ3) is 4.63. The second kappa shape index (κ2) is 9.07. The summed E-state index contributed by atoms with van der Waals surface area (Å²) in [6, 6.07) is 4.48. The largest absolute Gasteiger partial charge is 0.423 e. The number of carbonyl (C=O) groups is 1. The standard InChI is InChI=1S/C16H15FN4O4S.C2H6/c17-13-2-1-12(26-13)10-6-11(25-21-10)16(23)18-9-3-8(4-9)5-14-19-20-15(7-22)24-14;1-2/h1-2,6,8-9,22H,3-5,7H2,(H,18,23);1-2H3. The number of hydrogen-bond donors (Lipinski definition) is 2. The molecule has 1 aliphatic rings. The molecule has 28 heavy (non-hydrogen) atoms. The molecule has 0 unspecified atom stereocenters. The molecule has 8 nitrogen and oxygen atoms in total. The number of carbonyl (C=O) groups excluding carboxylic acids is 1. The zero-order valence-electron chi connectivity index (χ0n) is 15.5. The summed E-state index contributed by atoms with van der Waals surface area (Å²) in [5.74, 6) is 0.792. The van der Waals surface area contributed by atoms with Gasteiger partial charge in [0, 0.05) is 18.5 Å². The van der Waals surface area contributed by atoms with Crippen molar-refractivity contribution in [2.45, 2.75) is 45.8 Å². The molecule has 0 bridgehead atoms. The summed E-state index contributed by atoms with van der Waals surface area (Å²) in [4.78, 5) is 12.8. The lowest BCUT2D eigenvalue weighted by molar-refractivity contribution is 0.0849. The summed E-state index contributed by atoms with van der Waals surface area (Å²) in [7, 11) is 0. The molecule has 3 aromatic heterocycles. The maximum Gasteiger partial charge on any atom is 0.290 e. The van der Waals surface area contributed by atoms with Crippen molar-refractivity contribution < 1.29 is 23.2 Å². The molecule has 3 heterocycles. The van der Waals surface area contributed by atoms with Gasteiger partial charge >= 0.3 is 0 Å². The first-order chi connectivity index (χ1) is 13.6.